The molecule has 2 aliphatic carbocycles. The molecule has 3 unspecified atom stereocenters. The molecule has 1 saturated heterocycles. The Labute approximate surface area is 207 Å². The van der Waals surface area contributed by atoms with Gasteiger partial charge in [0.25, 0.3) is 5.91 Å². The molecule has 0 radical (unpaired) electrons. The Morgan fingerprint density at radius 2 is 2.03 bits per heavy atom. The van der Waals surface area contributed by atoms with Gasteiger partial charge in [0.2, 0.25) is 0 Å². The number of nitrogens with zero attached hydrogens (tertiary/aromatic N) is 6. The number of aromatic nitrogens is 5. The number of hydrogen-bond acceptors (Lipinski definition) is 6. The van der Waals surface area contributed by atoms with Crippen molar-refractivity contribution in [2.45, 2.75) is 44.3 Å². The Kier molecular flexibility index (Phi) is 4.67. The van der Waals surface area contributed by atoms with Crippen LogP contribution in [-0.2, 0) is 13.6 Å². The number of ether oxygens (including phenoxy) is 1. The van der Waals surface area contributed by atoms with Crippen LogP contribution in [0.3, 0.4) is 0 Å². The first-order valence-corrected chi connectivity index (χ1v) is 12.6. The molecule has 2 N–H and O–H groups in total. The maximum Gasteiger partial charge on any atom is 0.318 e. The summed E-state index contributed by atoms with van der Waals surface area (Å²) in [5.74, 6) is 0.906. The first kappa shape index (κ1) is 21.7. The molecule has 1 amide bonds. The van der Waals surface area contributed by atoms with Crippen molar-refractivity contribution in [3.05, 3.63) is 35.8 Å². The van der Waals surface area contributed by atoms with Crippen LogP contribution in [0.5, 0.6) is 6.01 Å². The molecule has 3 atom stereocenters. The van der Waals surface area contributed by atoms with Gasteiger partial charge in [0.1, 0.15) is 17.0 Å². The third-order valence-electron chi connectivity index (χ3n) is 8.25. The Hall–Kier alpha value is -3.53. The van der Waals surface area contributed by atoms with Gasteiger partial charge in [-0.2, -0.15) is 4.98 Å². The smallest absolute Gasteiger partial charge is 0.318 e. The quantitative estimate of drug-likeness (QED) is 0.462. The lowest BCUT2D eigenvalue weighted by atomic mass is 10.1. The summed E-state index contributed by atoms with van der Waals surface area (Å²) in [6.45, 7) is 1.44. The number of fused-ring (bicyclic) bond motifs is 4. The summed E-state index contributed by atoms with van der Waals surface area (Å²) in [4.78, 5) is 28.8. The largest absolute Gasteiger partial charge is 0.467 e. The van der Waals surface area contributed by atoms with Crippen molar-refractivity contribution in [3.63, 3.8) is 0 Å². The molecule has 1 aromatic carbocycles. The lowest BCUT2D eigenvalue weighted by Gasteiger charge is -2.27. The van der Waals surface area contributed by atoms with Gasteiger partial charge in [0, 0.05) is 49.4 Å². The summed E-state index contributed by atoms with van der Waals surface area (Å²) in [5, 5.41) is 0.871. The van der Waals surface area contributed by atoms with Gasteiger partial charge < -0.3 is 24.5 Å². The molecule has 9 nitrogen and oxygen atoms in total. The Morgan fingerprint density at radius 1 is 1.19 bits per heavy atom. The second-order valence-corrected chi connectivity index (χ2v) is 10.5. The number of carbonyl (C=O) groups is 1. The SMILES string of the molecule is COc1ncc2cc(-c3nc4cc(C(=O)N5CC6CCC5C6N)cc(F)c4n3C)n(CC3CC3)c2n1. The zero-order valence-corrected chi connectivity index (χ0v) is 20.3. The zero-order valence-electron chi connectivity index (χ0n) is 20.3. The molecule has 10 heteroatoms. The van der Waals surface area contributed by atoms with Crippen LogP contribution in [0.2, 0.25) is 0 Å². The molecule has 0 spiro atoms. The van der Waals surface area contributed by atoms with Crippen molar-refractivity contribution in [1.82, 2.24) is 29.0 Å². The number of aryl methyl sites for hydroxylation is 1. The van der Waals surface area contributed by atoms with E-state index in [1.807, 2.05) is 11.0 Å². The number of methoxy groups -OCH3 is 1. The monoisotopic (exact) mass is 489 g/mol. The van der Waals surface area contributed by atoms with Crippen molar-refractivity contribution in [3.8, 4) is 17.5 Å². The van der Waals surface area contributed by atoms with E-state index in [0.29, 0.717) is 46.8 Å². The summed E-state index contributed by atoms with van der Waals surface area (Å²) >= 11 is 0. The number of likely N-dealkylation sites (tertiary alicyclic amines) is 1. The highest BCUT2D eigenvalue weighted by Crippen LogP contribution is 2.39. The van der Waals surface area contributed by atoms with Crippen molar-refractivity contribution < 1.29 is 13.9 Å². The highest BCUT2D eigenvalue weighted by molar-refractivity contribution is 5.98. The third-order valence-corrected chi connectivity index (χ3v) is 8.25. The number of amides is 1. The Bertz CT molecular complexity index is 1540. The average molecular weight is 490 g/mol. The molecule has 4 heterocycles. The van der Waals surface area contributed by atoms with Crippen molar-refractivity contribution in [1.29, 1.82) is 0 Å². The summed E-state index contributed by atoms with van der Waals surface area (Å²) in [6.07, 6.45) is 6.05. The number of rotatable bonds is 5. The molecule has 3 aromatic heterocycles. The van der Waals surface area contributed by atoms with Gasteiger partial charge in [-0.05, 0) is 55.7 Å². The minimum atomic E-state index is -0.461. The van der Waals surface area contributed by atoms with Crippen molar-refractivity contribution >= 4 is 28.0 Å². The molecule has 2 bridgehead atoms. The Morgan fingerprint density at radius 3 is 2.72 bits per heavy atom. The van der Waals surface area contributed by atoms with Crippen LogP contribution in [0.4, 0.5) is 4.39 Å². The number of carbonyl (C=O) groups excluding carboxylic acids is 1. The molecule has 186 valence electrons. The normalized spacial score (nSPS) is 23.3. The lowest BCUT2D eigenvalue weighted by molar-refractivity contribution is 0.0700. The standard InChI is InChI=1S/C26H28FN7O2/c1-32-22-17(27)7-15(25(35)34-12-14-5-6-19(34)21(14)28)8-18(22)30-24(32)20-9-16-10-29-26(36-2)31-23(16)33(20)11-13-3-4-13/h7-10,13-14,19,21H,3-6,11-12,28H2,1-2H3. The van der Waals surface area contributed by atoms with E-state index in [1.165, 1.54) is 18.9 Å². The third kappa shape index (κ3) is 3.16. The second kappa shape index (κ2) is 7.73. The molecule has 2 saturated carbocycles. The molecular weight excluding hydrogens is 461 g/mol. The van der Waals surface area contributed by atoms with Crippen LogP contribution in [-0.4, -0.2) is 60.6 Å². The van der Waals surface area contributed by atoms with Crippen LogP contribution >= 0.6 is 0 Å². The van der Waals surface area contributed by atoms with E-state index < -0.39 is 5.82 Å². The Balaban J connectivity index is 1.33. The molecule has 1 aliphatic heterocycles. The van der Waals surface area contributed by atoms with Crippen molar-refractivity contribution in [2.24, 2.45) is 24.6 Å². The molecule has 4 aromatic rings. The van der Waals surface area contributed by atoms with Crippen LogP contribution in [0, 0.1) is 17.7 Å². The number of nitrogens with two attached hydrogens (primary N) is 1. The topological polar surface area (TPSA) is 104 Å². The predicted molar refractivity (Wildman–Crippen MR) is 132 cm³/mol. The van der Waals surface area contributed by atoms with Crippen molar-refractivity contribution in [2.75, 3.05) is 13.7 Å². The fourth-order valence-electron chi connectivity index (χ4n) is 6.15. The summed E-state index contributed by atoms with van der Waals surface area (Å²) in [7, 11) is 3.35. The van der Waals surface area contributed by atoms with Crippen LogP contribution < -0.4 is 10.5 Å². The van der Waals surface area contributed by atoms with E-state index in [2.05, 4.69) is 14.5 Å². The number of piperidine rings is 1. The number of benzene rings is 1. The van der Waals surface area contributed by atoms with Crippen LogP contribution in [0.1, 0.15) is 36.0 Å². The van der Waals surface area contributed by atoms with E-state index in [-0.39, 0.29) is 18.0 Å². The maximum absolute atomic E-state index is 15.5. The van der Waals surface area contributed by atoms with E-state index >= 15 is 4.39 Å². The van der Waals surface area contributed by atoms with E-state index in [0.717, 1.165) is 36.1 Å². The molecule has 36 heavy (non-hydrogen) atoms. The molecular formula is C26H28FN7O2. The van der Waals surface area contributed by atoms with Gasteiger partial charge in [0.05, 0.1) is 18.3 Å². The highest BCUT2D eigenvalue weighted by Gasteiger charge is 2.47. The highest BCUT2D eigenvalue weighted by atomic mass is 19.1. The lowest BCUT2D eigenvalue weighted by Crippen LogP contribution is -2.41. The van der Waals surface area contributed by atoms with E-state index in [1.54, 1.807) is 31.0 Å². The van der Waals surface area contributed by atoms with E-state index in [4.69, 9.17) is 15.5 Å². The van der Waals surface area contributed by atoms with E-state index in [9.17, 15) is 4.79 Å². The summed E-state index contributed by atoms with van der Waals surface area (Å²) < 4.78 is 24.6. The number of halogens is 1. The first-order chi connectivity index (χ1) is 17.4. The van der Waals surface area contributed by atoms with Gasteiger partial charge in [-0.1, -0.05) is 0 Å². The van der Waals surface area contributed by atoms with Gasteiger partial charge in [-0.15, -0.1) is 0 Å². The van der Waals surface area contributed by atoms with Crippen LogP contribution in [0.15, 0.2) is 24.4 Å². The second-order valence-electron chi connectivity index (χ2n) is 10.5. The number of hydrogen-bond donors (Lipinski definition) is 1. The molecule has 3 fully saturated rings. The minimum absolute atomic E-state index is 0.0130. The minimum Gasteiger partial charge on any atom is -0.467 e. The van der Waals surface area contributed by atoms with Gasteiger partial charge in [0.15, 0.2) is 5.82 Å². The molecule has 3 aliphatic rings. The van der Waals surface area contributed by atoms with Gasteiger partial charge in [-0.3, -0.25) is 4.79 Å². The van der Waals surface area contributed by atoms with Gasteiger partial charge in [-0.25, -0.2) is 14.4 Å². The fraction of sp³-hybridized carbons (Fsp3) is 0.462. The van der Waals surface area contributed by atoms with Gasteiger partial charge >= 0.3 is 6.01 Å². The number of imidazole rings is 1. The zero-order chi connectivity index (χ0) is 24.7. The van der Waals surface area contributed by atoms with Crippen LogP contribution in [0.25, 0.3) is 33.6 Å². The summed E-state index contributed by atoms with van der Waals surface area (Å²) in [5.41, 5.74) is 9.05. The predicted octanol–water partition coefficient (Wildman–Crippen LogP) is 3.10. The first-order valence-electron chi connectivity index (χ1n) is 12.6. The average Bonchev–Trinajstić information content (AvgIpc) is 3.28. The summed E-state index contributed by atoms with van der Waals surface area (Å²) in [6, 6.07) is 5.39. The maximum atomic E-state index is 15.5. The molecule has 7 rings (SSSR count). The fourth-order valence-corrected chi connectivity index (χ4v) is 6.15.